The molecule has 0 bridgehead atoms. The molecule has 1 atom stereocenters. The van der Waals surface area contributed by atoms with Crippen molar-refractivity contribution < 1.29 is 24.2 Å². The van der Waals surface area contributed by atoms with Gasteiger partial charge in [0.2, 0.25) is 6.10 Å². The van der Waals surface area contributed by atoms with Crippen LogP contribution in [0, 0.1) is 0 Å². The maximum absolute atomic E-state index is 12.2. The van der Waals surface area contributed by atoms with Gasteiger partial charge in [-0.1, -0.05) is 66.7 Å². The first kappa shape index (κ1) is 19.5. The summed E-state index contributed by atoms with van der Waals surface area (Å²) in [5.41, 5.74) is 4.51. The number of ether oxygens (including phenoxy) is 2. The van der Waals surface area contributed by atoms with Gasteiger partial charge in [-0.3, -0.25) is 0 Å². The SMILES string of the molecule is O=C(NC[C@@H](Oc1ccccc1)C(=O)O)OCC1c2ccccc2-c2ccccc21. The van der Waals surface area contributed by atoms with Gasteiger partial charge in [0.25, 0.3) is 0 Å². The van der Waals surface area contributed by atoms with E-state index in [0.717, 1.165) is 22.3 Å². The Labute approximate surface area is 174 Å². The van der Waals surface area contributed by atoms with Crippen molar-refractivity contribution in [3.8, 4) is 16.9 Å². The van der Waals surface area contributed by atoms with Gasteiger partial charge in [-0.15, -0.1) is 0 Å². The lowest BCUT2D eigenvalue weighted by Crippen LogP contribution is -2.40. The molecule has 152 valence electrons. The first-order valence-electron chi connectivity index (χ1n) is 9.67. The number of rotatable bonds is 7. The maximum atomic E-state index is 12.2. The van der Waals surface area contributed by atoms with E-state index in [1.165, 1.54) is 0 Å². The van der Waals surface area contributed by atoms with Gasteiger partial charge < -0.3 is 19.9 Å². The molecule has 1 aliphatic carbocycles. The van der Waals surface area contributed by atoms with Gasteiger partial charge in [0.15, 0.2) is 0 Å². The largest absolute Gasteiger partial charge is 0.478 e. The molecule has 6 heteroatoms. The number of nitrogens with one attached hydrogen (secondary N) is 1. The zero-order chi connectivity index (χ0) is 20.9. The van der Waals surface area contributed by atoms with Gasteiger partial charge in [-0.05, 0) is 34.4 Å². The van der Waals surface area contributed by atoms with E-state index < -0.39 is 18.2 Å². The molecular weight excluding hydrogens is 382 g/mol. The van der Waals surface area contributed by atoms with Crippen LogP contribution < -0.4 is 10.1 Å². The zero-order valence-corrected chi connectivity index (χ0v) is 16.2. The average Bonchev–Trinajstić information content (AvgIpc) is 3.09. The minimum atomic E-state index is -1.21. The Balaban J connectivity index is 1.36. The van der Waals surface area contributed by atoms with E-state index in [1.54, 1.807) is 30.3 Å². The van der Waals surface area contributed by atoms with Gasteiger partial charge in [0, 0.05) is 5.92 Å². The van der Waals surface area contributed by atoms with Crippen molar-refractivity contribution in [3.05, 3.63) is 90.0 Å². The molecule has 6 nitrogen and oxygen atoms in total. The van der Waals surface area contributed by atoms with Crippen LogP contribution in [0.2, 0.25) is 0 Å². The van der Waals surface area contributed by atoms with Crippen molar-refractivity contribution in [3.63, 3.8) is 0 Å². The summed E-state index contributed by atoms with van der Waals surface area (Å²) in [5.74, 6) is -0.809. The quantitative estimate of drug-likeness (QED) is 0.622. The minimum absolute atomic E-state index is 0.0565. The number of para-hydroxylation sites is 1. The summed E-state index contributed by atoms with van der Waals surface area (Å²) in [4.78, 5) is 23.7. The number of hydrogen-bond acceptors (Lipinski definition) is 4. The van der Waals surface area contributed by atoms with Crippen molar-refractivity contribution in [2.75, 3.05) is 13.2 Å². The Morgan fingerprint density at radius 2 is 1.43 bits per heavy atom. The second-order valence-corrected chi connectivity index (χ2v) is 6.96. The Hall–Kier alpha value is -3.80. The maximum Gasteiger partial charge on any atom is 0.407 e. The summed E-state index contributed by atoms with van der Waals surface area (Å²) in [6.07, 6.45) is -1.90. The Morgan fingerprint density at radius 1 is 0.867 bits per heavy atom. The molecule has 0 heterocycles. The lowest BCUT2D eigenvalue weighted by Gasteiger charge is -2.17. The summed E-state index contributed by atoms with van der Waals surface area (Å²) >= 11 is 0. The van der Waals surface area contributed by atoms with E-state index in [4.69, 9.17) is 9.47 Å². The Kier molecular flexibility index (Phi) is 5.66. The highest BCUT2D eigenvalue weighted by Crippen LogP contribution is 2.44. The highest BCUT2D eigenvalue weighted by molar-refractivity contribution is 5.79. The summed E-state index contributed by atoms with van der Waals surface area (Å²) in [7, 11) is 0. The molecule has 0 fully saturated rings. The van der Waals surface area contributed by atoms with Gasteiger partial charge in [0.1, 0.15) is 12.4 Å². The number of carbonyl (C=O) groups is 2. The van der Waals surface area contributed by atoms with E-state index in [-0.39, 0.29) is 19.1 Å². The molecule has 0 unspecified atom stereocenters. The number of hydrogen-bond donors (Lipinski definition) is 2. The van der Waals surface area contributed by atoms with E-state index in [1.807, 2.05) is 36.4 Å². The predicted molar refractivity (Wildman–Crippen MR) is 112 cm³/mol. The number of benzene rings is 3. The lowest BCUT2D eigenvalue weighted by atomic mass is 9.98. The molecule has 0 aliphatic heterocycles. The fraction of sp³-hybridized carbons (Fsp3) is 0.167. The van der Waals surface area contributed by atoms with E-state index in [2.05, 4.69) is 17.4 Å². The molecule has 3 aromatic carbocycles. The highest BCUT2D eigenvalue weighted by atomic mass is 16.6. The Bertz CT molecular complexity index is 1000. The minimum Gasteiger partial charge on any atom is -0.478 e. The van der Waals surface area contributed by atoms with Crippen molar-refractivity contribution in [2.45, 2.75) is 12.0 Å². The number of carbonyl (C=O) groups excluding carboxylic acids is 1. The standard InChI is InChI=1S/C24H21NO5/c26-23(27)22(30-16-8-2-1-3-9-16)14-25-24(28)29-15-21-19-12-6-4-10-17(19)18-11-5-7-13-20(18)21/h1-13,21-22H,14-15H2,(H,25,28)(H,26,27)/t22-/m1/s1. The van der Waals surface area contributed by atoms with Crippen molar-refractivity contribution >= 4 is 12.1 Å². The van der Waals surface area contributed by atoms with Gasteiger partial charge in [-0.25, -0.2) is 9.59 Å². The highest BCUT2D eigenvalue weighted by Gasteiger charge is 2.29. The smallest absolute Gasteiger partial charge is 0.407 e. The number of carboxylic acids is 1. The van der Waals surface area contributed by atoms with Gasteiger partial charge >= 0.3 is 12.1 Å². The van der Waals surface area contributed by atoms with Crippen molar-refractivity contribution in [2.24, 2.45) is 0 Å². The number of amides is 1. The lowest BCUT2D eigenvalue weighted by molar-refractivity contribution is -0.144. The fourth-order valence-electron chi connectivity index (χ4n) is 3.67. The first-order chi connectivity index (χ1) is 14.6. The zero-order valence-electron chi connectivity index (χ0n) is 16.2. The van der Waals surface area contributed by atoms with Crippen LogP contribution in [-0.2, 0) is 9.53 Å². The molecule has 0 radical (unpaired) electrons. The third-order valence-electron chi connectivity index (χ3n) is 5.07. The topological polar surface area (TPSA) is 84.9 Å². The van der Waals surface area contributed by atoms with Gasteiger partial charge in [0.05, 0.1) is 6.54 Å². The van der Waals surface area contributed by atoms with Crippen LogP contribution in [0.25, 0.3) is 11.1 Å². The molecule has 4 rings (SSSR count). The average molecular weight is 403 g/mol. The van der Waals surface area contributed by atoms with Crippen LogP contribution in [0.3, 0.4) is 0 Å². The van der Waals surface area contributed by atoms with Crippen LogP contribution in [0.4, 0.5) is 4.79 Å². The molecule has 1 amide bonds. The second kappa shape index (κ2) is 8.69. The normalized spacial score (nSPS) is 13.1. The van der Waals surface area contributed by atoms with Crippen LogP contribution in [0.1, 0.15) is 17.0 Å². The third-order valence-corrected chi connectivity index (χ3v) is 5.07. The summed E-state index contributed by atoms with van der Waals surface area (Å²) in [6, 6.07) is 24.7. The summed E-state index contributed by atoms with van der Waals surface area (Å²) in [5, 5.41) is 11.8. The predicted octanol–water partition coefficient (Wildman–Crippen LogP) is 4.06. The van der Waals surface area contributed by atoms with Crippen LogP contribution >= 0.6 is 0 Å². The molecule has 0 aromatic heterocycles. The first-order valence-corrected chi connectivity index (χ1v) is 9.67. The van der Waals surface area contributed by atoms with Crippen molar-refractivity contribution in [1.29, 1.82) is 0 Å². The van der Waals surface area contributed by atoms with Crippen LogP contribution in [0.15, 0.2) is 78.9 Å². The molecule has 2 N–H and O–H groups in total. The molecule has 0 saturated carbocycles. The molecule has 0 spiro atoms. The molecule has 1 aliphatic rings. The number of alkyl carbamates (subject to hydrolysis) is 1. The molecule has 3 aromatic rings. The molecule has 0 saturated heterocycles. The van der Waals surface area contributed by atoms with E-state index >= 15 is 0 Å². The number of carboxylic acid groups (broad SMARTS) is 1. The van der Waals surface area contributed by atoms with Crippen LogP contribution in [-0.4, -0.2) is 36.4 Å². The van der Waals surface area contributed by atoms with Crippen molar-refractivity contribution in [1.82, 2.24) is 5.32 Å². The summed E-state index contributed by atoms with van der Waals surface area (Å²) in [6.45, 7) is -0.0436. The molecule has 30 heavy (non-hydrogen) atoms. The van der Waals surface area contributed by atoms with Gasteiger partial charge in [-0.2, -0.15) is 0 Å². The van der Waals surface area contributed by atoms with E-state index in [0.29, 0.717) is 5.75 Å². The van der Waals surface area contributed by atoms with E-state index in [9.17, 15) is 14.7 Å². The number of fused-ring (bicyclic) bond motifs is 3. The fourth-order valence-corrected chi connectivity index (χ4v) is 3.67. The second-order valence-electron chi connectivity index (χ2n) is 6.96. The monoisotopic (exact) mass is 403 g/mol. The summed E-state index contributed by atoms with van der Waals surface area (Å²) < 4.78 is 10.8. The Morgan fingerprint density at radius 3 is 2.03 bits per heavy atom. The third kappa shape index (κ3) is 4.12. The van der Waals surface area contributed by atoms with Crippen LogP contribution in [0.5, 0.6) is 5.75 Å². The molecular formula is C24H21NO5. The number of aliphatic carboxylic acids is 1.